The van der Waals surface area contributed by atoms with E-state index in [-0.39, 0.29) is 5.78 Å². The second kappa shape index (κ2) is 4.06. The fourth-order valence-electron chi connectivity index (χ4n) is 2.17. The van der Waals surface area contributed by atoms with E-state index in [4.69, 9.17) is 0 Å². The van der Waals surface area contributed by atoms with Crippen molar-refractivity contribution in [2.75, 3.05) is 0 Å². The third kappa shape index (κ3) is 1.69. The standard InChI is InChI=1S/C13H14BrNO/c1-4-10-5-12-6-11(14)7-15(12)13(8(10)2)9(3)16/h5-7H,4H2,1-3H3. The summed E-state index contributed by atoms with van der Waals surface area (Å²) < 4.78 is 2.96. The molecule has 0 amide bonds. The van der Waals surface area contributed by atoms with Gasteiger partial charge in [-0.25, -0.2) is 0 Å². The van der Waals surface area contributed by atoms with Gasteiger partial charge in [-0.1, -0.05) is 6.92 Å². The van der Waals surface area contributed by atoms with Crippen LogP contribution in [0.4, 0.5) is 0 Å². The molecule has 0 aliphatic rings. The number of hydrogen-bond donors (Lipinski definition) is 0. The van der Waals surface area contributed by atoms with Crippen molar-refractivity contribution in [1.29, 1.82) is 0 Å². The smallest absolute Gasteiger partial charge is 0.176 e. The number of Topliss-reactive ketones (excluding diaryl/α,β-unsaturated/α-hetero) is 1. The van der Waals surface area contributed by atoms with E-state index in [9.17, 15) is 4.79 Å². The molecule has 0 bridgehead atoms. The van der Waals surface area contributed by atoms with Gasteiger partial charge in [0, 0.05) is 23.1 Å². The first-order valence-corrected chi connectivity index (χ1v) is 6.15. The normalized spacial score (nSPS) is 11.0. The van der Waals surface area contributed by atoms with E-state index in [1.54, 1.807) is 6.92 Å². The molecule has 2 nitrogen and oxygen atoms in total. The van der Waals surface area contributed by atoms with E-state index in [1.807, 2.05) is 23.6 Å². The van der Waals surface area contributed by atoms with Crippen molar-refractivity contribution in [3.8, 4) is 0 Å². The van der Waals surface area contributed by atoms with Crippen LogP contribution in [0.15, 0.2) is 22.8 Å². The van der Waals surface area contributed by atoms with E-state index in [2.05, 4.69) is 28.9 Å². The number of aryl methyl sites for hydroxylation is 1. The molecule has 84 valence electrons. The van der Waals surface area contributed by atoms with E-state index in [0.29, 0.717) is 0 Å². The number of halogens is 1. The maximum Gasteiger partial charge on any atom is 0.176 e. The van der Waals surface area contributed by atoms with E-state index < -0.39 is 0 Å². The van der Waals surface area contributed by atoms with Crippen molar-refractivity contribution < 1.29 is 4.79 Å². The fourth-order valence-corrected chi connectivity index (χ4v) is 2.61. The summed E-state index contributed by atoms with van der Waals surface area (Å²) >= 11 is 3.45. The third-order valence-electron chi connectivity index (χ3n) is 2.93. The maximum atomic E-state index is 11.7. The Hall–Kier alpha value is -1.09. The van der Waals surface area contributed by atoms with Crippen molar-refractivity contribution in [2.24, 2.45) is 0 Å². The molecule has 0 aromatic carbocycles. The minimum Gasteiger partial charge on any atom is -0.313 e. The van der Waals surface area contributed by atoms with Gasteiger partial charge in [-0.15, -0.1) is 0 Å². The molecule has 0 N–H and O–H groups in total. The Bertz CT molecular complexity index is 569. The van der Waals surface area contributed by atoms with Crippen LogP contribution in [0, 0.1) is 6.92 Å². The van der Waals surface area contributed by atoms with Crippen LogP contribution in [-0.2, 0) is 6.42 Å². The van der Waals surface area contributed by atoms with E-state index >= 15 is 0 Å². The molecule has 0 atom stereocenters. The summed E-state index contributed by atoms with van der Waals surface area (Å²) in [6.07, 6.45) is 2.89. The Labute approximate surface area is 103 Å². The number of fused-ring (bicyclic) bond motifs is 1. The molecule has 0 aliphatic heterocycles. The number of aromatic nitrogens is 1. The van der Waals surface area contributed by atoms with Gasteiger partial charge in [0.25, 0.3) is 0 Å². The number of nitrogens with zero attached hydrogens (tertiary/aromatic N) is 1. The van der Waals surface area contributed by atoms with Gasteiger partial charge in [-0.05, 0) is 52.5 Å². The van der Waals surface area contributed by atoms with Gasteiger partial charge < -0.3 is 4.40 Å². The molecule has 0 saturated carbocycles. The van der Waals surface area contributed by atoms with Crippen LogP contribution in [0.3, 0.4) is 0 Å². The quantitative estimate of drug-likeness (QED) is 0.767. The van der Waals surface area contributed by atoms with Crippen LogP contribution in [0.5, 0.6) is 0 Å². The van der Waals surface area contributed by atoms with Gasteiger partial charge >= 0.3 is 0 Å². The van der Waals surface area contributed by atoms with Crippen LogP contribution in [0.25, 0.3) is 5.52 Å². The lowest BCUT2D eigenvalue weighted by Gasteiger charge is -2.11. The summed E-state index contributed by atoms with van der Waals surface area (Å²) in [6.45, 7) is 5.75. The zero-order valence-electron chi connectivity index (χ0n) is 9.67. The van der Waals surface area contributed by atoms with Gasteiger partial charge in [0.05, 0.1) is 5.69 Å². The zero-order chi connectivity index (χ0) is 11.9. The molecule has 0 unspecified atom stereocenters. The van der Waals surface area contributed by atoms with Crippen molar-refractivity contribution in [2.45, 2.75) is 27.2 Å². The lowest BCUT2D eigenvalue weighted by Crippen LogP contribution is -2.07. The maximum absolute atomic E-state index is 11.7. The van der Waals surface area contributed by atoms with E-state index in [1.165, 1.54) is 5.56 Å². The van der Waals surface area contributed by atoms with Crippen LogP contribution < -0.4 is 0 Å². The van der Waals surface area contributed by atoms with Crippen molar-refractivity contribution in [1.82, 2.24) is 4.40 Å². The molecular weight excluding hydrogens is 266 g/mol. The molecule has 2 aromatic heterocycles. The Balaban J connectivity index is 2.90. The average molecular weight is 280 g/mol. The van der Waals surface area contributed by atoms with Gasteiger partial charge in [-0.2, -0.15) is 0 Å². The first-order chi connectivity index (χ1) is 7.54. The first kappa shape index (κ1) is 11.4. The number of pyridine rings is 1. The van der Waals surface area contributed by atoms with Crippen LogP contribution in [-0.4, -0.2) is 10.2 Å². The van der Waals surface area contributed by atoms with Gasteiger partial charge in [0.1, 0.15) is 0 Å². The summed E-state index contributed by atoms with van der Waals surface area (Å²) in [5.74, 6) is 0.112. The van der Waals surface area contributed by atoms with Gasteiger partial charge in [-0.3, -0.25) is 4.79 Å². The van der Waals surface area contributed by atoms with Crippen LogP contribution in [0.2, 0.25) is 0 Å². The highest BCUT2D eigenvalue weighted by Gasteiger charge is 2.13. The lowest BCUT2D eigenvalue weighted by molar-refractivity contribution is 0.101. The number of hydrogen-bond acceptors (Lipinski definition) is 1. The molecule has 2 heterocycles. The molecule has 2 rings (SSSR count). The predicted molar refractivity (Wildman–Crippen MR) is 69.2 cm³/mol. The molecule has 16 heavy (non-hydrogen) atoms. The van der Waals surface area contributed by atoms with Crippen molar-refractivity contribution in [3.05, 3.63) is 39.6 Å². The molecule has 0 saturated heterocycles. The predicted octanol–water partition coefficient (Wildman–Crippen LogP) is 3.78. The second-order valence-corrected chi connectivity index (χ2v) is 4.92. The van der Waals surface area contributed by atoms with E-state index in [0.717, 1.165) is 27.7 Å². The second-order valence-electron chi connectivity index (χ2n) is 4.01. The number of carbonyl (C=O) groups is 1. The minimum absolute atomic E-state index is 0.112. The van der Waals surface area contributed by atoms with Crippen LogP contribution >= 0.6 is 15.9 Å². The molecule has 0 fully saturated rings. The number of ketones is 1. The first-order valence-electron chi connectivity index (χ1n) is 5.35. The highest BCUT2D eigenvalue weighted by molar-refractivity contribution is 9.10. The number of rotatable bonds is 2. The SMILES string of the molecule is CCc1cc2cc(Br)cn2c(C(C)=O)c1C. The average Bonchev–Trinajstić information content (AvgIpc) is 2.56. The zero-order valence-corrected chi connectivity index (χ0v) is 11.3. The van der Waals surface area contributed by atoms with Gasteiger partial charge in [0.15, 0.2) is 5.78 Å². The third-order valence-corrected chi connectivity index (χ3v) is 3.36. The lowest BCUT2D eigenvalue weighted by atomic mass is 10.0. The minimum atomic E-state index is 0.112. The molecule has 2 aromatic rings. The summed E-state index contributed by atoms with van der Waals surface area (Å²) in [5.41, 5.74) is 4.19. The Kier molecular flexibility index (Phi) is 2.89. The molecular formula is C13H14BrNO. The monoisotopic (exact) mass is 279 g/mol. The summed E-state index contributed by atoms with van der Waals surface area (Å²) in [5, 5.41) is 0. The molecule has 0 spiro atoms. The summed E-state index contributed by atoms with van der Waals surface area (Å²) in [6, 6.07) is 4.18. The highest BCUT2D eigenvalue weighted by atomic mass is 79.9. The largest absolute Gasteiger partial charge is 0.313 e. The summed E-state index contributed by atoms with van der Waals surface area (Å²) in [7, 11) is 0. The molecule has 3 heteroatoms. The number of carbonyl (C=O) groups excluding carboxylic acids is 1. The fraction of sp³-hybridized carbons (Fsp3) is 0.308. The van der Waals surface area contributed by atoms with Gasteiger partial charge in [0.2, 0.25) is 0 Å². The Morgan fingerprint density at radius 3 is 2.69 bits per heavy atom. The molecule has 0 radical (unpaired) electrons. The van der Waals surface area contributed by atoms with Crippen molar-refractivity contribution in [3.63, 3.8) is 0 Å². The topological polar surface area (TPSA) is 21.5 Å². The summed E-state index contributed by atoms with van der Waals surface area (Å²) in [4.78, 5) is 11.7. The molecule has 0 aliphatic carbocycles. The Morgan fingerprint density at radius 1 is 1.44 bits per heavy atom. The highest BCUT2D eigenvalue weighted by Crippen LogP contribution is 2.23. The van der Waals surface area contributed by atoms with Crippen LogP contribution in [0.1, 0.15) is 35.5 Å². The van der Waals surface area contributed by atoms with Crippen molar-refractivity contribution >= 4 is 27.2 Å². The Morgan fingerprint density at radius 2 is 2.12 bits per heavy atom.